The highest BCUT2D eigenvalue weighted by Crippen LogP contribution is 2.21. The third-order valence-corrected chi connectivity index (χ3v) is 4.40. The van der Waals surface area contributed by atoms with E-state index in [-0.39, 0.29) is 25.1 Å². The van der Waals surface area contributed by atoms with E-state index in [1.54, 1.807) is 21.4 Å². The van der Waals surface area contributed by atoms with Crippen molar-refractivity contribution in [3.8, 4) is 0 Å². The smallest absolute Gasteiger partial charge is 0.307 e. The van der Waals surface area contributed by atoms with E-state index in [9.17, 15) is 19.2 Å². The predicted octanol–water partition coefficient (Wildman–Crippen LogP) is -0.622. The summed E-state index contributed by atoms with van der Waals surface area (Å²) in [7, 11) is 6.74. The summed E-state index contributed by atoms with van der Waals surface area (Å²) in [5, 5.41) is 5.31. The fraction of sp³-hybridized carbons (Fsp3) is 0.750. The minimum absolute atomic E-state index is 0.0956. The van der Waals surface area contributed by atoms with E-state index < -0.39 is 22.5 Å². The number of nitrogens with one attached hydrogen (secondary N) is 6. The standard InChI is InChI=1S/C16H31B2N6O6S/c1-4-7-16(2,3)14(27)23-29-22-13(26)6-9-19-18-20-10-11-31-15(28)24-30-21-12(25)5-8-17/h19-20H,4-11H2,1-3H3,(H,21,25)(H,22,26)(H,23,27)(H,24,28). The zero-order valence-corrected chi connectivity index (χ0v) is 19.0. The van der Waals surface area contributed by atoms with Gasteiger partial charge in [-0.25, -0.2) is 21.9 Å². The lowest BCUT2D eigenvalue weighted by molar-refractivity contribution is -0.157. The monoisotopic (exact) mass is 457 g/mol. The van der Waals surface area contributed by atoms with Gasteiger partial charge < -0.3 is 10.5 Å². The molecular weight excluding hydrogens is 426 g/mol. The highest BCUT2D eigenvalue weighted by atomic mass is 32.2. The van der Waals surface area contributed by atoms with Crippen molar-refractivity contribution >= 4 is 50.1 Å². The first-order valence-electron chi connectivity index (χ1n) is 9.84. The third kappa shape index (κ3) is 16.5. The van der Waals surface area contributed by atoms with Crippen LogP contribution in [-0.4, -0.2) is 57.2 Å². The van der Waals surface area contributed by atoms with E-state index in [1.807, 2.05) is 17.9 Å². The quantitative estimate of drug-likeness (QED) is 0.0951. The van der Waals surface area contributed by atoms with Crippen molar-refractivity contribution in [2.75, 3.05) is 18.8 Å². The first-order valence-corrected chi connectivity index (χ1v) is 10.8. The van der Waals surface area contributed by atoms with Gasteiger partial charge in [-0.05, 0) is 19.5 Å². The summed E-state index contributed by atoms with van der Waals surface area (Å²) in [4.78, 5) is 55.3. The summed E-state index contributed by atoms with van der Waals surface area (Å²) in [6, 6.07) is 0. The molecule has 0 spiro atoms. The molecule has 12 nitrogen and oxygen atoms in total. The van der Waals surface area contributed by atoms with Crippen molar-refractivity contribution in [2.45, 2.75) is 52.8 Å². The van der Waals surface area contributed by atoms with Crippen LogP contribution in [-0.2, 0) is 24.3 Å². The molecule has 0 aromatic heterocycles. The van der Waals surface area contributed by atoms with Gasteiger partial charge in [0.05, 0.1) is 7.85 Å². The third-order valence-electron chi connectivity index (χ3n) is 3.65. The largest absolute Gasteiger partial charge is 0.345 e. The van der Waals surface area contributed by atoms with Crippen LogP contribution in [0.4, 0.5) is 4.79 Å². The van der Waals surface area contributed by atoms with Crippen molar-refractivity contribution in [2.24, 2.45) is 5.41 Å². The average molecular weight is 457 g/mol. The Morgan fingerprint density at radius 1 is 0.935 bits per heavy atom. The van der Waals surface area contributed by atoms with Crippen LogP contribution < -0.4 is 32.4 Å². The minimum Gasteiger partial charge on any atom is -0.345 e. The van der Waals surface area contributed by atoms with Gasteiger partial charge in [0.15, 0.2) is 0 Å². The Bertz CT molecular complexity index is 573. The van der Waals surface area contributed by atoms with Crippen LogP contribution in [0.15, 0.2) is 0 Å². The predicted molar refractivity (Wildman–Crippen MR) is 118 cm³/mol. The number of hydrogen-bond donors (Lipinski definition) is 6. The summed E-state index contributed by atoms with van der Waals surface area (Å²) in [5.74, 6) is -0.705. The molecule has 3 radical (unpaired) electrons. The number of carbonyl (C=O) groups is 4. The van der Waals surface area contributed by atoms with Crippen LogP contribution >= 0.6 is 11.8 Å². The van der Waals surface area contributed by atoms with Crippen LogP contribution in [0.1, 0.15) is 46.5 Å². The molecule has 0 unspecified atom stereocenters. The summed E-state index contributed by atoms with van der Waals surface area (Å²) >= 11 is 0.950. The fourth-order valence-corrected chi connectivity index (χ4v) is 2.50. The van der Waals surface area contributed by atoms with E-state index >= 15 is 0 Å². The topological polar surface area (TPSA) is 159 Å². The van der Waals surface area contributed by atoms with E-state index in [2.05, 4.69) is 26.4 Å². The van der Waals surface area contributed by atoms with Crippen molar-refractivity contribution in [3.05, 3.63) is 0 Å². The second-order valence-corrected chi connectivity index (χ2v) is 7.97. The molecule has 0 atom stereocenters. The van der Waals surface area contributed by atoms with Crippen molar-refractivity contribution in [3.63, 3.8) is 0 Å². The van der Waals surface area contributed by atoms with Crippen LogP contribution in [0.2, 0.25) is 6.32 Å². The van der Waals surface area contributed by atoms with Crippen LogP contribution in [0.3, 0.4) is 0 Å². The van der Waals surface area contributed by atoms with Gasteiger partial charge in [-0.2, -0.15) is 9.88 Å². The molecule has 0 aromatic carbocycles. The number of thioether (sulfide) groups is 1. The number of carbonyl (C=O) groups excluding carboxylic acids is 4. The van der Waals surface area contributed by atoms with E-state index in [0.717, 1.165) is 18.2 Å². The van der Waals surface area contributed by atoms with Crippen LogP contribution in [0.25, 0.3) is 0 Å². The Morgan fingerprint density at radius 3 is 2.19 bits per heavy atom. The summed E-state index contributed by atoms with van der Waals surface area (Å²) in [5.41, 5.74) is 7.85. The second kappa shape index (κ2) is 17.8. The maximum atomic E-state index is 11.9. The van der Waals surface area contributed by atoms with Gasteiger partial charge in [0.25, 0.3) is 5.91 Å². The molecule has 0 saturated heterocycles. The van der Waals surface area contributed by atoms with Gasteiger partial charge in [0.1, 0.15) is 0 Å². The summed E-state index contributed by atoms with van der Waals surface area (Å²) < 4.78 is 0. The average Bonchev–Trinajstić information content (AvgIpc) is 2.70. The SMILES string of the molecule is [B]CCC(=O)NONC(=O)SCCN[B]NCCC(=O)NONC(=O)C(C)(C)CCC. The Kier molecular flexibility index (Phi) is 16.8. The van der Waals surface area contributed by atoms with Crippen LogP contribution in [0.5, 0.6) is 0 Å². The Labute approximate surface area is 189 Å². The molecule has 0 heterocycles. The zero-order chi connectivity index (χ0) is 23.5. The molecular formula is C16H31B2N6O6S. The molecule has 0 bridgehead atoms. The first-order chi connectivity index (χ1) is 14.7. The summed E-state index contributed by atoms with van der Waals surface area (Å²) in [6.45, 7) is 6.39. The number of hydrogen-bond acceptors (Lipinski definition) is 9. The highest BCUT2D eigenvalue weighted by Gasteiger charge is 2.26. The molecule has 0 aliphatic heterocycles. The highest BCUT2D eigenvalue weighted by molar-refractivity contribution is 8.13. The van der Waals surface area contributed by atoms with Gasteiger partial charge in [0, 0.05) is 24.0 Å². The van der Waals surface area contributed by atoms with Crippen LogP contribution in [0, 0.1) is 5.41 Å². The van der Waals surface area contributed by atoms with Crippen molar-refractivity contribution in [1.82, 2.24) is 32.4 Å². The molecule has 173 valence electrons. The van der Waals surface area contributed by atoms with Crippen molar-refractivity contribution in [1.29, 1.82) is 0 Å². The first kappa shape index (κ1) is 29.2. The van der Waals surface area contributed by atoms with Gasteiger partial charge in [-0.3, -0.25) is 19.2 Å². The molecule has 0 aliphatic rings. The maximum absolute atomic E-state index is 11.9. The van der Waals surface area contributed by atoms with E-state index in [0.29, 0.717) is 25.3 Å². The van der Waals surface area contributed by atoms with Gasteiger partial charge in [0.2, 0.25) is 11.8 Å². The minimum atomic E-state index is -0.575. The molecule has 4 amide bonds. The molecule has 0 aliphatic carbocycles. The second-order valence-electron chi connectivity index (χ2n) is 6.90. The Hall–Kier alpha value is -1.80. The lowest BCUT2D eigenvalue weighted by atomic mass is 9.87. The lowest BCUT2D eigenvalue weighted by Crippen LogP contribution is -2.42. The van der Waals surface area contributed by atoms with Gasteiger partial charge in [-0.15, -0.1) is 0 Å². The molecule has 0 aromatic rings. The molecule has 0 fully saturated rings. The molecule has 0 saturated carbocycles. The normalized spacial score (nSPS) is 10.8. The fourth-order valence-electron chi connectivity index (χ4n) is 2.00. The number of amides is 4. The molecule has 31 heavy (non-hydrogen) atoms. The van der Waals surface area contributed by atoms with Gasteiger partial charge in [-0.1, -0.05) is 45.3 Å². The molecule has 6 N–H and O–H groups in total. The molecule has 15 heteroatoms. The lowest BCUT2D eigenvalue weighted by Gasteiger charge is -2.21. The zero-order valence-electron chi connectivity index (χ0n) is 18.2. The summed E-state index contributed by atoms with van der Waals surface area (Å²) in [6.07, 6.45) is 1.96. The number of rotatable bonds is 17. The van der Waals surface area contributed by atoms with E-state index in [4.69, 9.17) is 12.8 Å². The Morgan fingerprint density at radius 2 is 1.55 bits per heavy atom. The maximum Gasteiger partial charge on any atom is 0.307 e. The molecule has 0 rings (SSSR count). The van der Waals surface area contributed by atoms with E-state index in [1.165, 1.54) is 0 Å². The number of hydroxylamine groups is 4. The van der Waals surface area contributed by atoms with Gasteiger partial charge >= 0.3 is 12.8 Å². The Balaban J connectivity index is 3.56. The van der Waals surface area contributed by atoms with Crippen molar-refractivity contribution < 1.29 is 29.1 Å².